The van der Waals surface area contributed by atoms with Crippen LogP contribution >= 0.6 is 39.9 Å². The van der Waals surface area contributed by atoms with Crippen molar-refractivity contribution in [2.24, 2.45) is 0 Å². The van der Waals surface area contributed by atoms with E-state index in [9.17, 15) is 9.18 Å². The lowest BCUT2D eigenvalue weighted by Gasteiger charge is -2.14. The van der Waals surface area contributed by atoms with Gasteiger partial charge in [-0.05, 0) is 42.0 Å². The molecule has 1 fully saturated rings. The number of amides is 1. The quantitative estimate of drug-likeness (QED) is 0.529. The summed E-state index contributed by atoms with van der Waals surface area (Å²) in [5, 5.41) is 0. The number of hydrogen-bond donors (Lipinski definition) is 0. The molecule has 0 atom stereocenters. The van der Waals surface area contributed by atoms with Gasteiger partial charge in [-0.2, -0.15) is 0 Å². The number of anilines is 1. The van der Waals surface area contributed by atoms with E-state index in [4.69, 9.17) is 12.2 Å². The fourth-order valence-electron chi connectivity index (χ4n) is 2.05. The molecule has 2 aromatic rings. The molecule has 0 N–H and O–H groups in total. The molecule has 2 aromatic carbocycles. The molecule has 0 saturated carbocycles. The third kappa shape index (κ3) is 3.14. The molecule has 1 saturated heterocycles. The third-order valence-electron chi connectivity index (χ3n) is 3.01. The van der Waals surface area contributed by atoms with E-state index >= 15 is 0 Å². The normalized spacial score (nSPS) is 16.6. The summed E-state index contributed by atoms with van der Waals surface area (Å²) >= 11 is 9.90. The van der Waals surface area contributed by atoms with E-state index in [0.717, 1.165) is 4.47 Å². The van der Waals surface area contributed by atoms with Crippen molar-refractivity contribution in [1.82, 2.24) is 0 Å². The topological polar surface area (TPSA) is 20.3 Å². The van der Waals surface area contributed by atoms with Gasteiger partial charge in [-0.1, -0.05) is 58.1 Å². The first-order valence-electron chi connectivity index (χ1n) is 6.34. The van der Waals surface area contributed by atoms with Crippen LogP contribution in [0.2, 0.25) is 0 Å². The Hall–Kier alpha value is -1.50. The van der Waals surface area contributed by atoms with Gasteiger partial charge < -0.3 is 0 Å². The van der Waals surface area contributed by atoms with Crippen molar-refractivity contribution in [3.8, 4) is 0 Å². The molecule has 0 bridgehead atoms. The molecule has 6 heteroatoms. The first-order chi connectivity index (χ1) is 10.5. The van der Waals surface area contributed by atoms with Crippen molar-refractivity contribution in [1.29, 1.82) is 0 Å². The van der Waals surface area contributed by atoms with Crippen molar-refractivity contribution in [3.63, 3.8) is 0 Å². The van der Waals surface area contributed by atoms with Gasteiger partial charge in [0.05, 0.1) is 10.6 Å². The standard InChI is InChI=1S/C16H9BrFNOS2/c17-11-4-2-6-13(9-11)19-15(20)14(22-16(19)21)8-10-3-1-5-12(18)7-10/h1-9H. The maximum atomic E-state index is 13.2. The van der Waals surface area contributed by atoms with Crippen molar-refractivity contribution in [3.05, 3.63) is 69.3 Å². The molecule has 3 rings (SSSR count). The lowest BCUT2D eigenvalue weighted by molar-refractivity contribution is -0.113. The second kappa shape index (κ2) is 6.32. The van der Waals surface area contributed by atoms with Gasteiger partial charge in [-0.3, -0.25) is 9.69 Å². The molecule has 1 aliphatic heterocycles. The summed E-state index contributed by atoms with van der Waals surface area (Å²) in [6.07, 6.45) is 1.65. The van der Waals surface area contributed by atoms with Gasteiger partial charge in [0.1, 0.15) is 5.82 Å². The van der Waals surface area contributed by atoms with Gasteiger partial charge in [0.25, 0.3) is 5.91 Å². The molecule has 0 aromatic heterocycles. The highest BCUT2D eigenvalue weighted by molar-refractivity contribution is 9.10. The Labute approximate surface area is 145 Å². The number of nitrogens with zero attached hydrogens (tertiary/aromatic N) is 1. The molecule has 0 radical (unpaired) electrons. The van der Waals surface area contributed by atoms with Crippen molar-refractivity contribution in [2.45, 2.75) is 0 Å². The van der Waals surface area contributed by atoms with Gasteiger partial charge in [-0.15, -0.1) is 0 Å². The molecule has 110 valence electrons. The smallest absolute Gasteiger partial charge is 0.268 e. The van der Waals surface area contributed by atoms with Crippen LogP contribution in [0.15, 0.2) is 57.9 Å². The molecule has 0 aliphatic carbocycles. The predicted molar refractivity (Wildman–Crippen MR) is 96.2 cm³/mol. The van der Waals surface area contributed by atoms with E-state index in [-0.39, 0.29) is 11.7 Å². The number of halogens is 2. The molecule has 22 heavy (non-hydrogen) atoms. The molecular formula is C16H9BrFNOS2. The molecular weight excluding hydrogens is 385 g/mol. The van der Waals surface area contributed by atoms with E-state index in [0.29, 0.717) is 20.5 Å². The predicted octanol–water partition coefficient (Wildman–Crippen LogP) is 4.99. The van der Waals surface area contributed by atoms with Gasteiger partial charge in [-0.25, -0.2) is 4.39 Å². The van der Waals surface area contributed by atoms with E-state index in [1.165, 1.54) is 28.8 Å². The Balaban J connectivity index is 1.95. The lowest BCUT2D eigenvalue weighted by atomic mass is 10.2. The molecule has 0 spiro atoms. The number of rotatable bonds is 2. The minimum absolute atomic E-state index is 0.197. The monoisotopic (exact) mass is 393 g/mol. The van der Waals surface area contributed by atoms with Crippen molar-refractivity contribution >= 4 is 61.9 Å². The Morgan fingerprint density at radius 2 is 1.95 bits per heavy atom. The van der Waals surface area contributed by atoms with Crippen LogP contribution in [0, 0.1) is 5.82 Å². The highest BCUT2D eigenvalue weighted by Crippen LogP contribution is 2.36. The average molecular weight is 394 g/mol. The van der Waals surface area contributed by atoms with Crippen LogP contribution in [-0.4, -0.2) is 10.2 Å². The van der Waals surface area contributed by atoms with Gasteiger partial charge in [0, 0.05) is 4.47 Å². The highest BCUT2D eigenvalue weighted by Gasteiger charge is 2.33. The average Bonchev–Trinajstić information content (AvgIpc) is 2.73. The Kier molecular flexibility index (Phi) is 4.42. The third-order valence-corrected chi connectivity index (χ3v) is 4.80. The molecule has 1 heterocycles. The highest BCUT2D eigenvalue weighted by atomic mass is 79.9. The van der Waals surface area contributed by atoms with Crippen LogP contribution in [0.25, 0.3) is 6.08 Å². The summed E-state index contributed by atoms with van der Waals surface area (Å²) in [4.78, 5) is 14.5. The van der Waals surface area contributed by atoms with Crippen LogP contribution in [0.1, 0.15) is 5.56 Å². The van der Waals surface area contributed by atoms with Crippen molar-refractivity contribution < 1.29 is 9.18 Å². The SMILES string of the molecule is O=C1C(=Cc2cccc(F)c2)SC(=S)N1c1cccc(Br)c1. The lowest BCUT2D eigenvalue weighted by Crippen LogP contribution is -2.27. The summed E-state index contributed by atoms with van der Waals surface area (Å²) in [6, 6.07) is 13.5. The second-order valence-corrected chi connectivity index (χ2v) is 7.14. The number of carbonyl (C=O) groups is 1. The summed E-state index contributed by atoms with van der Waals surface area (Å²) in [5.41, 5.74) is 1.34. The minimum Gasteiger partial charge on any atom is -0.268 e. The van der Waals surface area contributed by atoms with Gasteiger partial charge in [0.2, 0.25) is 0 Å². The van der Waals surface area contributed by atoms with Gasteiger partial charge in [0.15, 0.2) is 4.32 Å². The molecule has 0 unspecified atom stereocenters. The first-order valence-corrected chi connectivity index (χ1v) is 8.35. The first kappa shape index (κ1) is 15.4. The minimum atomic E-state index is -0.337. The molecule has 1 amide bonds. The largest absolute Gasteiger partial charge is 0.270 e. The summed E-state index contributed by atoms with van der Waals surface area (Å²) in [5.74, 6) is -0.534. The fraction of sp³-hybridized carbons (Fsp3) is 0. The van der Waals surface area contributed by atoms with E-state index < -0.39 is 0 Å². The molecule has 2 nitrogen and oxygen atoms in total. The van der Waals surface area contributed by atoms with E-state index in [2.05, 4.69) is 15.9 Å². The molecule has 1 aliphatic rings. The van der Waals surface area contributed by atoms with Crippen LogP contribution in [0.4, 0.5) is 10.1 Å². The zero-order valence-electron chi connectivity index (χ0n) is 11.1. The van der Waals surface area contributed by atoms with Crippen LogP contribution in [-0.2, 0) is 4.79 Å². The number of benzene rings is 2. The summed E-state index contributed by atoms with van der Waals surface area (Å²) in [6.45, 7) is 0. The van der Waals surface area contributed by atoms with Gasteiger partial charge >= 0.3 is 0 Å². The Morgan fingerprint density at radius 3 is 2.68 bits per heavy atom. The van der Waals surface area contributed by atoms with Crippen LogP contribution in [0.3, 0.4) is 0 Å². The zero-order chi connectivity index (χ0) is 15.7. The number of thioether (sulfide) groups is 1. The fourth-order valence-corrected chi connectivity index (χ4v) is 3.74. The number of carbonyl (C=O) groups excluding carboxylic acids is 1. The summed E-state index contributed by atoms with van der Waals surface area (Å²) in [7, 11) is 0. The van der Waals surface area contributed by atoms with Crippen LogP contribution < -0.4 is 4.90 Å². The van der Waals surface area contributed by atoms with E-state index in [1.807, 2.05) is 24.3 Å². The van der Waals surface area contributed by atoms with E-state index in [1.54, 1.807) is 18.2 Å². The summed E-state index contributed by atoms with van der Waals surface area (Å²) < 4.78 is 14.6. The maximum Gasteiger partial charge on any atom is 0.270 e. The zero-order valence-corrected chi connectivity index (χ0v) is 14.3. The number of hydrogen-bond acceptors (Lipinski definition) is 3. The van der Waals surface area contributed by atoms with Crippen molar-refractivity contribution in [2.75, 3.05) is 4.90 Å². The Bertz CT molecular complexity index is 806. The number of thiocarbonyl (C=S) groups is 1. The second-order valence-electron chi connectivity index (χ2n) is 4.55. The maximum absolute atomic E-state index is 13.2. The van der Waals surface area contributed by atoms with Crippen LogP contribution in [0.5, 0.6) is 0 Å². The Morgan fingerprint density at radius 1 is 1.18 bits per heavy atom.